The SMILES string of the molecule is CCNC(=NCCc1ccc(C)nc1)N1CCC(COC)C1. The lowest BCUT2D eigenvalue weighted by atomic mass is 10.1. The lowest BCUT2D eigenvalue weighted by Crippen LogP contribution is -2.40. The van der Waals surface area contributed by atoms with E-state index in [9.17, 15) is 0 Å². The number of nitrogens with zero attached hydrogens (tertiary/aromatic N) is 3. The summed E-state index contributed by atoms with van der Waals surface area (Å²) in [5, 5.41) is 3.40. The summed E-state index contributed by atoms with van der Waals surface area (Å²) in [5.74, 6) is 1.65. The van der Waals surface area contributed by atoms with Gasteiger partial charge in [-0.15, -0.1) is 0 Å². The van der Waals surface area contributed by atoms with E-state index in [-0.39, 0.29) is 0 Å². The minimum absolute atomic E-state index is 0.621. The van der Waals surface area contributed by atoms with Crippen molar-refractivity contribution >= 4 is 5.96 Å². The highest BCUT2D eigenvalue weighted by Crippen LogP contribution is 2.16. The molecule has 22 heavy (non-hydrogen) atoms. The molecule has 0 aliphatic carbocycles. The van der Waals surface area contributed by atoms with Crippen LogP contribution in [0.1, 0.15) is 24.6 Å². The number of pyridine rings is 1. The van der Waals surface area contributed by atoms with Crippen LogP contribution < -0.4 is 5.32 Å². The van der Waals surface area contributed by atoms with Gasteiger partial charge in [0.05, 0.1) is 6.61 Å². The normalized spacial score (nSPS) is 18.8. The predicted molar refractivity (Wildman–Crippen MR) is 90.2 cm³/mol. The molecule has 1 saturated heterocycles. The Bertz CT molecular complexity index is 472. The van der Waals surface area contributed by atoms with Crippen LogP contribution in [0.5, 0.6) is 0 Å². The van der Waals surface area contributed by atoms with Crippen LogP contribution in [0.15, 0.2) is 23.3 Å². The Labute approximate surface area is 133 Å². The highest BCUT2D eigenvalue weighted by atomic mass is 16.5. The number of aliphatic imine (C=N–C) groups is 1. The first-order valence-corrected chi connectivity index (χ1v) is 8.16. The molecule has 2 heterocycles. The van der Waals surface area contributed by atoms with Crippen molar-refractivity contribution in [1.29, 1.82) is 0 Å². The van der Waals surface area contributed by atoms with Crippen LogP contribution >= 0.6 is 0 Å². The first-order chi connectivity index (χ1) is 10.7. The van der Waals surface area contributed by atoms with Crippen molar-refractivity contribution in [2.24, 2.45) is 10.9 Å². The van der Waals surface area contributed by atoms with E-state index in [1.54, 1.807) is 7.11 Å². The van der Waals surface area contributed by atoms with E-state index in [1.807, 2.05) is 13.1 Å². The standard InChI is InChI=1S/C17H28N4O/c1-4-18-17(21-10-8-16(12-21)13-22-3)19-9-7-15-6-5-14(2)20-11-15/h5-6,11,16H,4,7-10,12-13H2,1-3H3,(H,18,19). The Morgan fingerprint density at radius 2 is 2.36 bits per heavy atom. The third-order valence-electron chi connectivity index (χ3n) is 3.96. The Hall–Kier alpha value is -1.62. The van der Waals surface area contributed by atoms with Gasteiger partial charge in [0.2, 0.25) is 0 Å². The number of likely N-dealkylation sites (tertiary alicyclic amines) is 1. The molecule has 1 fully saturated rings. The molecule has 0 spiro atoms. The average Bonchev–Trinajstić information content (AvgIpc) is 2.97. The van der Waals surface area contributed by atoms with Gasteiger partial charge in [-0.25, -0.2) is 0 Å². The zero-order valence-corrected chi connectivity index (χ0v) is 14.0. The number of guanidine groups is 1. The number of rotatable bonds is 6. The number of aryl methyl sites for hydroxylation is 1. The van der Waals surface area contributed by atoms with Crippen molar-refractivity contribution in [3.05, 3.63) is 29.6 Å². The van der Waals surface area contributed by atoms with E-state index in [0.29, 0.717) is 5.92 Å². The van der Waals surface area contributed by atoms with Crippen LogP contribution in [-0.2, 0) is 11.2 Å². The molecule has 1 aromatic rings. The lowest BCUT2D eigenvalue weighted by Gasteiger charge is -2.21. The van der Waals surface area contributed by atoms with Gasteiger partial charge in [0.25, 0.3) is 0 Å². The zero-order valence-electron chi connectivity index (χ0n) is 14.0. The smallest absolute Gasteiger partial charge is 0.193 e. The molecular formula is C17H28N4O. The molecule has 1 unspecified atom stereocenters. The van der Waals surface area contributed by atoms with Crippen molar-refractivity contribution in [1.82, 2.24) is 15.2 Å². The molecule has 0 aromatic carbocycles. The van der Waals surface area contributed by atoms with Crippen molar-refractivity contribution in [2.45, 2.75) is 26.7 Å². The first-order valence-electron chi connectivity index (χ1n) is 8.16. The third kappa shape index (κ3) is 4.98. The summed E-state index contributed by atoms with van der Waals surface area (Å²) < 4.78 is 5.27. The van der Waals surface area contributed by atoms with E-state index in [1.165, 1.54) is 12.0 Å². The molecule has 1 atom stereocenters. The topological polar surface area (TPSA) is 49.8 Å². The summed E-state index contributed by atoms with van der Waals surface area (Å²) in [7, 11) is 1.78. The summed E-state index contributed by atoms with van der Waals surface area (Å²) in [5.41, 5.74) is 2.30. The van der Waals surface area contributed by atoms with Gasteiger partial charge in [-0.1, -0.05) is 6.07 Å². The number of nitrogens with one attached hydrogen (secondary N) is 1. The monoisotopic (exact) mass is 304 g/mol. The zero-order chi connectivity index (χ0) is 15.8. The molecule has 2 rings (SSSR count). The van der Waals surface area contributed by atoms with Crippen LogP contribution in [0.2, 0.25) is 0 Å². The molecule has 0 bridgehead atoms. The number of hydrogen-bond donors (Lipinski definition) is 1. The molecule has 0 amide bonds. The molecule has 1 aliphatic heterocycles. The average molecular weight is 304 g/mol. The second-order valence-corrected chi connectivity index (χ2v) is 5.85. The molecule has 1 aromatic heterocycles. The van der Waals surface area contributed by atoms with Crippen molar-refractivity contribution < 1.29 is 4.74 Å². The van der Waals surface area contributed by atoms with Gasteiger partial charge in [0.1, 0.15) is 0 Å². The molecule has 1 N–H and O–H groups in total. The van der Waals surface area contributed by atoms with Crippen LogP contribution in [0.25, 0.3) is 0 Å². The summed E-state index contributed by atoms with van der Waals surface area (Å²) in [6, 6.07) is 4.19. The number of hydrogen-bond acceptors (Lipinski definition) is 3. The van der Waals surface area contributed by atoms with Gasteiger partial charge in [-0.3, -0.25) is 9.98 Å². The van der Waals surface area contributed by atoms with E-state index in [0.717, 1.165) is 50.9 Å². The van der Waals surface area contributed by atoms with Gasteiger partial charge in [-0.05, 0) is 38.3 Å². The highest BCUT2D eigenvalue weighted by molar-refractivity contribution is 5.80. The molecule has 0 saturated carbocycles. The van der Waals surface area contributed by atoms with Crippen LogP contribution in [-0.4, -0.2) is 55.7 Å². The number of ether oxygens (including phenoxy) is 1. The Morgan fingerprint density at radius 1 is 1.50 bits per heavy atom. The molecule has 5 nitrogen and oxygen atoms in total. The Morgan fingerprint density at radius 3 is 3.05 bits per heavy atom. The highest BCUT2D eigenvalue weighted by Gasteiger charge is 2.24. The summed E-state index contributed by atoms with van der Waals surface area (Å²) >= 11 is 0. The molecule has 5 heteroatoms. The van der Waals surface area contributed by atoms with Gasteiger partial charge in [-0.2, -0.15) is 0 Å². The second-order valence-electron chi connectivity index (χ2n) is 5.85. The Kier molecular flexibility index (Phi) is 6.65. The predicted octanol–water partition coefficient (Wildman–Crippen LogP) is 1.87. The van der Waals surface area contributed by atoms with Crippen molar-refractivity contribution in [3.63, 3.8) is 0 Å². The third-order valence-corrected chi connectivity index (χ3v) is 3.96. The first kappa shape index (κ1) is 16.7. The molecule has 122 valence electrons. The maximum Gasteiger partial charge on any atom is 0.193 e. The molecule has 1 aliphatic rings. The fourth-order valence-electron chi connectivity index (χ4n) is 2.76. The molecular weight excluding hydrogens is 276 g/mol. The fraction of sp³-hybridized carbons (Fsp3) is 0.647. The summed E-state index contributed by atoms with van der Waals surface area (Å²) in [6.45, 7) is 8.74. The van der Waals surface area contributed by atoms with Crippen LogP contribution in [0, 0.1) is 12.8 Å². The van der Waals surface area contributed by atoms with E-state index < -0.39 is 0 Å². The maximum absolute atomic E-state index is 5.27. The quantitative estimate of drug-likeness (QED) is 0.644. The van der Waals surface area contributed by atoms with E-state index in [2.05, 4.69) is 34.3 Å². The number of aromatic nitrogens is 1. The maximum atomic E-state index is 5.27. The minimum Gasteiger partial charge on any atom is -0.384 e. The fourth-order valence-corrected chi connectivity index (χ4v) is 2.76. The van der Waals surface area contributed by atoms with Crippen LogP contribution in [0.3, 0.4) is 0 Å². The second kappa shape index (κ2) is 8.73. The van der Waals surface area contributed by atoms with Crippen LogP contribution in [0.4, 0.5) is 0 Å². The minimum atomic E-state index is 0.621. The largest absolute Gasteiger partial charge is 0.384 e. The van der Waals surface area contributed by atoms with Gasteiger partial charge in [0, 0.05) is 51.1 Å². The molecule has 0 radical (unpaired) electrons. The van der Waals surface area contributed by atoms with Gasteiger partial charge in [0.15, 0.2) is 5.96 Å². The summed E-state index contributed by atoms with van der Waals surface area (Å²) in [6.07, 6.45) is 4.06. The Balaban J connectivity index is 1.88. The van der Waals surface area contributed by atoms with E-state index >= 15 is 0 Å². The van der Waals surface area contributed by atoms with Crippen molar-refractivity contribution in [3.8, 4) is 0 Å². The van der Waals surface area contributed by atoms with E-state index in [4.69, 9.17) is 9.73 Å². The van der Waals surface area contributed by atoms with Gasteiger partial charge < -0.3 is 15.0 Å². The van der Waals surface area contributed by atoms with Gasteiger partial charge >= 0.3 is 0 Å². The summed E-state index contributed by atoms with van der Waals surface area (Å²) in [4.78, 5) is 11.5. The number of methoxy groups -OCH3 is 1. The van der Waals surface area contributed by atoms with Crippen molar-refractivity contribution in [2.75, 3.05) is 39.9 Å². The lowest BCUT2D eigenvalue weighted by molar-refractivity contribution is 0.157.